The molecule has 1 aliphatic rings. The Morgan fingerprint density at radius 2 is 2.29 bits per heavy atom. The van der Waals surface area contributed by atoms with E-state index in [0.29, 0.717) is 30.5 Å². The van der Waals surface area contributed by atoms with Crippen molar-refractivity contribution in [2.45, 2.75) is 12.5 Å². The second-order valence-corrected chi connectivity index (χ2v) is 5.38. The summed E-state index contributed by atoms with van der Waals surface area (Å²) in [5.41, 5.74) is 0.251. The molecule has 1 saturated heterocycles. The monoisotopic (exact) mass is 326 g/mol. The van der Waals surface area contributed by atoms with Crippen LogP contribution < -0.4 is 4.74 Å². The molecule has 8 heteroatoms. The molecule has 0 aliphatic carbocycles. The lowest BCUT2D eigenvalue weighted by Gasteiger charge is -2.15. The standard InChI is InChI=1S/C16H14N4O4/c21-16(12-8-14(24-19-12)13-2-1-7-22-13)20-6-3-11(10-20)23-15-9-17-4-5-18-15/h1-2,4-5,7-9,11H,3,6,10H2. The zero-order chi connectivity index (χ0) is 16.4. The van der Waals surface area contributed by atoms with E-state index in [1.165, 1.54) is 6.26 Å². The summed E-state index contributed by atoms with van der Waals surface area (Å²) in [5, 5.41) is 3.84. The summed E-state index contributed by atoms with van der Waals surface area (Å²) in [5.74, 6) is 1.22. The number of furan rings is 1. The van der Waals surface area contributed by atoms with Gasteiger partial charge < -0.3 is 18.6 Å². The Hall–Kier alpha value is -3.16. The van der Waals surface area contributed by atoms with Crippen LogP contribution in [0.2, 0.25) is 0 Å². The predicted molar refractivity (Wildman–Crippen MR) is 81.2 cm³/mol. The first kappa shape index (κ1) is 14.4. The van der Waals surface area contributed by atoms with Gasteiger partial charge in [0.05, 0.1) is 19.0 Å². The Bertz CT molecular complexity index is 816. The summed E-state index contributed by atoms with van der Waals surface area (Å²) in [7, 11) is 0. The van der Waals surface area contributed by atoms with Crippen molar-refractivity contribution >= 4 is 5.91 Å². The van der Waals surface area contributed by atoms with Gasteiger partial charge >= 0.3 is 0 Å². The summed E-state index contributed by atoms with van der Waals surface area (Å²) in [4.78, 5) is 22.2. The Kier molecular flexibility index (Phi) is 3.70. The fourth-order valence-electron chi connectivity index (χ4n) is 2.60. The van der Waals surface area contributed by atoms with Crippen LogP contribution in [0, 0.1) is 0 Å². The maximum Gasteiger partial charge on any atom is 0.276 e. The van der Waals surface area contributed by atoms with Crippen LogP contribution in [0.5, 0.6) is 5.88 Å². The fourth-order valence-corrected chi connectivity index (χ4v) is 2.60. The van der Waals surface area contributed by atoms with Crippen molar-refractivity contribution in [3.8, 4) is 17.4 Å². The average Bonchev–Trinajstić information content (AvgIpc) is 3.36. The molecule has 24 heavy (non-hydrogen) atoms. The number of amides is 1. The highest BCUT2D eigenvalue weighted by Crippen LogP contribution is 2.23. The second kappa shape index (κ2) is 6.15. The van der Waals surface area contributed by atoms with E-state index in [2.05, 4.69) is 15.1 Å². The van der Waals surface area contributed by atoms with Gasteiger partial charge in [-0.15, -0.1) is 0 Å². The Balaban J connectivity index is 1.41. The molecule has 1 atom stereocenters. The van der Waals surface area contributed by atoms with Crippen LogP contribution in [0.4, 0.5) is 0 Å². The number of carbonyl (C=O) groups excluding carboxylic acids is 1. The lowest BCUT2D eigenvalue weighted by Crippen LogP contribution is -2.31. The third-order valence-electron chi connectivity index (χ3n) is 3.75. The van der Waals surface area contributed by atoms with Crippen LogP contribution >= 0.6 is 0 Å². The Morgan fingerprint density at radius 3 is 3.08 bits per heavy atom. The van der Waals surface area contributed by atoms with Crippen LogP contribution in [0.1, 0.15) is 16.9 Å². The average molecular weight is 326 g/mol. The minimum absolute atomic E-state index is 0.109. The Labute approximate surface area is 137 Å². The highest BCUT2D eigenvalue weighted by atomic mass is 16.5. The highest BCUT2D eigenvalue weighted by molar-refractivity contribution is 5.93. The summed E-state index contributed by atoms with van der Waals surface area (Å²) < 4.78 is 16.1. The molecule has 0 aromatic carbocycles. The highest BCUT2D eigenvalue weighted by Gasteiger charge is 2.30. The van der Waals surface area contributed by atoms with E-state index in [-0.39, 0.29) is 17.7 Å². The largest absolute Gasteiger partial charge is 0.471 e. The number of rotatable bonds is 4. The van der Waals surface area contributed by atoms with Crippen LogP contribution in [0.15, 0.2) is 52.0 Å². The minimum Gasteiger partial charge on any atom is -0.471 e. The fraction of sp³-hybridized carbons (Fsp3) is 0.250. The second-order valence-electron chi connectivity index (χ2n) is 5.38. The van der Waals surface area contributed by atoms with Gasteiger partial charge in [0.2, 0.25) is 11.6 Å². The SMILES string of the molecule is O=C(c1cc(-c2ccco2)on1)N1CCC(Oc2cnccn2)C1. The van der Waals surface area contributed by atoms with Crippen molar-refractivity contribution in [1.29, 1.82) is 0 Å². The zero-order valence-electron chi connectivity index (χ0n) is 12.7. The van der Waals surface area contributed by atoms with Crippen molar-refractivity contribution in [3.05, 3.63) is 48.7 Å². The first-order valence-electron chi connectivity index (χ1n) is 7.52. The minimum atomic E-state index is -0.193. The van der Waals surface area contributed by atoms with E-state index in [4.69, 9.17) is 13.7 Å². The van der Waals surface area contributed by atoms with Crippen molar-refractivity contribution in [2.75, 3.05) is 13.1 Å². The molecule has 3 aromatic heterocycles. The lowest BCUT2D eigenvalue weighted by atomic mass is 10.3. The van der Waals surface area contributed by atoms with Gasteiger partial charge in [0.25, 0.3) is 5.91 Å². The molecule has 0 bridgehead atoms. The molecule has 4 rings (SSSR count). The number of carbonyl (C=O) groups is 1. The van der Waals surface area contributed by atoms with E-state index in [1.54, 1.807) is 41.7 Å². The molecule has 0 saturated carbocycles. The maximum absolute atomic E-state index is 12.5. The van der Waals surface area contributed by atoms with Gasteiger partial charge in [-0.2, -0.15) is 0 Å². The number of hydrogen-bond donors (Lipinski definition) is 0. The van der Waals surface area contributed by atoms with E-state index >= 15 is 0 Å². The summed E-state index contributed by atoms with van der Waals surface area (Å²) in [6.45, 7) is 1.06. The summed E-state index contributed by atoms with van der Waals surface area (Å²) >= 11 is 0. The van der Waals surface area contributed by atoms with E-state index < -0.39 is 0 Å². The number of hydrogen-bond acceptors (Lipinski definition) is 7. The van der Waals surface area contributed by atoms with Gasteiger partial charge in [-0.05, 0) is 12.1 Å². The molecule has 0 N–H and O–H groups in total. The molecule has 1 amide bonds. The zero-order valence-corrected chi connectivity index (χ0v) is 12.7. The van der Waals surface area contributed by atoms with Gasteiger partial charge in [0, 0.05) is 31.4 Å². The predicted octanol–water partition coefficient (Wildman–Crippen LogP) is 2.02. The molecule has 1 fully saturated rings. The first-order valence-corrected chi connectivity index (χ1v) is 7.52. The number of aromatic nitrogens is 3. The smallest absolute Gasteiger partial charge is 0.276 e. The molecule has 0 radical (unpaired) electrons. The van der Waals surface area contributed by atoms with E-state index in [9.17, 15) is 4.79 Å². The molecule has 3 aromatic rings. The number of ether oxygens (including phenoxy) is 1. The molecular formula is C16H14N4O4. The van der Waals surface area contributed by atoms with E-state index in [1.807, 2.05) is 0 Å². The van der Waals surface area contributed by atoms with Crippen LogP contribution in [0.3, 0.4) is 0 Å². The van der Waals surface area contributed by atoms with Gasteiger partial charge in [-0.1, -0.05) is 5.16 Å². The van der Waals surface area contributed by atoms with Crippen molar-refractivity contribution in [1.82, 2.24) is 20.0 Å². The third kappa shape index (κ3) is 2.85. The maximum atomic E-state index is 12.5. The normalized spacial score (nSPS) is 17.2. The first-order chi connectivity index (χ1) is 11.8. The van der Waals surface area contributed by atoms with Crippen LogP contribution in [0.25, 0.3) is 11.5 Å². The van der Waals surface area contributed by atoms with Crippen molar-refractivity contribution in [2.24, 2.45) is 0 Å². The summed E-state index contributed by atoms with van der Waals surface area (Å²) in [6.07, 6.45) is 6.86. The number of nitrogens with zero attached hydrogens (tertiary/aromatic N) is 4. The topological polar surface area (TPSA) is 94.5 Å². The van der Waals surface area contributed by atoms with Gasteiger partial charge in [0.1, 0.15) is 6.10 Å². The molecule has 0 spiro atoms. The van der Waals surface area contributed by atoms with Gasteiger partial charge in [-0.25, -0.2) is 4.98 Å². The quantitative estimate of drug-likeness (QED) is 0.724. The molecule has 1 unspecified atom stereocenters. The summed E-state index contributed by atoms with van der Waals surface area (Å²) in [6, 6.07) is 5.07. The lowest BCUT2D eigenvalue weighted by molar-refractivity contribution is 0.0761. The Morgan fingerprint density at radius 1 is 1.33 bits per heavy atom. The van der Waals surface area contributed by atoms with Crippen LogP contribution in [-0.4, -0.2) is 45.1 Å². The van der Waals surface area contributed by atoms with Crippen LogP contribution in [-0.2, 0) is 0 Å². The van der Waals surface area contributed by atoms with Crippen molar-refractivity contribution in [3.63, 3.8) is 0 Å². The van der Waals surface area contributed by atoms with E-state index in [0.717, 1.165) is 6.42 Å². The molecule has 122 valence electrons. The van der Waals surface area contributed by atoms with Gasteiger partial charge in [0.15, 0.2) is 11.5 Å². The molecule has 8 nitrogen and oxygen atoms in total. The van der Waals surface area contributed by atoms with Gasteiger partial charge in [-0.3, -0.25) is 9.78 Å². The van der Waals surface area contributed by atoms with Crippen molar-refractivity contribution < 1.29 is 18.5 Å². The number of likely N-dealkylation sites (tertiary alicyclic amines) is 1. The molecule has 1 aliphatic heterocycles. The molecular weight excluding hydrogens is 312 g/mol. The third-order valence-corrected chi connectivity index (χ3v) is 3.75. The molecule has 4 heterocycles.